The Balaban J connectivity index is 1.81. The van der Waals surface area contributed by atoms with Crippen LogP contribution in [0.25, 0.3) is 11.1 Å². The SMILES string of the molecule is C/N=C\C=N/Nc1ncc(NC(=O)c2cc(I)c(-c3ccc(F)cc3N)cc2F)cc1Cl. The van der Waals surface area contributed by atoms with Gasteiger partial charge in [-0.05, 0) is 59.0 Å². The normalized spacial score (nSPS) is 11.3. The number of nitrogens with two attached hydrogens (primary N) is 1. The van der Waals surface area contributed by atoms with Crippen LogP contribution >= 0.6 is 34.2 Å². The van der Waals surface area contributed by atoms with Crippen LogP contribution in [0.3, 0.4) is 0 Å². The number of nitrogen functional groups attached to an aromatic ring is 1. The van der Waals surface area contributed by atoms with Gasteiger partial charge >= 0.3 is 0 Å². The topological polar surface area (TPSA) is 105 Å². The molecule has 0 atom stereocenters. The average molecular weight is 569 g/mol. The molecule has 0 spiro atoms. The maximum absolute atomic E-state index is 14.8. The fourth-order valence-corrected chi connectivity index (χ4v) is 3.66. The van der Waals surface area contributed by atoms with Crippen LogP contribution in [0.2, 0.25) is 5.02 Å². The van der Waals surface area contributed by atoms with Gasteiger partial charge < -0.3 is 11.1 Å². The summed E-state index contributed by atoms with van der Waals surface area (Å²) in [7, 11) is 1.60. The lowest BCUT2D eigenvalue weighted by Crippen LogP contribution is -2.15. The number of nitrogens with zero attached hydrogens (tertiary/aromatic N) is 3. The summed E-state index contributed by atoms with van der Waals surface area (Å²) in [6.45, 7) is 0. The standard InChI is InChI=1S/C21H16ClF2IN6O/c1-27-4-5-29-31-20-16(22)7-12(10-28-20)30-21(32)15-9-18(25)14(8-17(15)24)13-3-2-11(23)6-19(13)26/h2-10H,26H2,1H3,(H,28,31)(H,30,32)/b27-4-,29-5-. The molecule has 0 aliphatic heterocycles. The van der Waals surface area contributed by atoms with Gasteiger partial charge in [0.05, 0.1) is 28.7 Å². The van der Waals surface area contributed by atoms with E-state index in [0.29, 0.717) is 14.7 Å². The first kappa shape index (κ1) is 23.5. The van der Waals surface area contributed by atoms with Crippen LogP contribution < -0.4 is 16.5 Å². The van der Waals surface area contributed by atoms with E-state index in [-0.39, 0.29) is 27.8 Å². The van der Waals surface area contributed by atoms with E-state index < -0.39 is 17.5 Å². The average Bonchev–Trinajstić information content (AvgIpc) is 2.74. The zero-order valence-electron chi connectivity index (χ0n) is 16.5. The number of hydrogen-bond acceptors (Lipinski definition) is 6. The molecule has 0 saturated heterocycles. The summed E-state index contributed by atoms with van der Waals surface area (Å²) in [5, 5.41) is 6.61. The number of halogens is 4. The molecule has 0 aliphatic carbocycles. The first-order valence-corrected chi connectivity index (χ1v) is 10.5. The number of aliphatic imine (C=N–C) groups is 1. The lowest BCUT2D eigenvalue weighted by atomic mass is 10.0. The molecular formula is C21H16ClF2IN6O. The van der Waals surface area contributed by atoms with Crippen molar-refractivity contribution in [1.29, 1.82) is 0 Å². The molecule has 2 aromatic carbocycles. The third kappa shape index (κ3) is 5.56. The predicted molar refractivity (Wildman–Crippen MR) is 133 cm³/mol. The summed E-state index contributed by atoms with van der Waals surface area (Å²) in [6, 6.07) is 7.88. The summed E-state index contributed by atoms with van der Waals surface area (Å²) >= 11 is 8.11. The van der Waals surface area contributed by atoms with Gasteiger partial charge in [-0.3, -0.25) is 15.2 Å². The molecule has 164 valence electrons. The summed E-state index contributed by atoms with van der Waals surface area (Å²) in [6.07, 6.45) is 4.24. The minimum Gasteiger partial charge on any atom is -0.398 e. The molecule has 11 heteroatoms. The van der Waals surface area contributed by atoms with E-state index in [4.69, 9.17) is 17.3 Å². The van der Waals surface area contributed by atoms with E-state index in [2.05, 4.69) is 25.8 Å². The van der Waals surface area contributed by atoms with Crippen LogP contribution in [0.4, 0.5) is 26.0 Å². The number of hydrazone groups is 1. The zero-order chi connectivity index (χ0) is 23.3. The highest BCUT2D eigenvalue weighted by Crippen LogP contribution is 2.32. The Morgan fingerprint density at radius 3 is 2.66 bits per heavy atom. The highest BCUT2D eigenvalue weighted by Gasteiger charge is 2.18. The van der Waals surface area contributed by atoms with Crippen LogP contribution in [0, 0.1) is 15.2 Å². The molecule has 0 saturated carbocycles. The van der Waals surface area contributed by atoms with Crippen LogP contribution in [0.1, 0.15) is 10.4 Å². The van der Waals surface area contributed by atoms with E-state index in [9.17, 15) is 13.6 Å². The second-order valence-corrected chi connectivity index (χ2v) is 7.92. The fraction of sp³-hybridized carbons (Fsp3) is 0.0476. The van der Waals surface area contributed by atoms with Gasteiger partial charge in [0.25, 0.3) is 5.91 Å². The molecular weight excluding hydrogens is 553 g/mol. The molecule has 0 bridgehead atoms. The highest BCUT2D eigenvalue weighted by atomic mass is 127. The smallest absolute Gasteiger partial charge is 0.258 e. The van der Waals surface area contributed by atoms with Crippen molar-refractivity contribution in [3.63, 3.8) is 0 Å². The quantitative estimate of drug-likeness (QED) is 0.164. The molecule has 4 N–H and O–H groups in total. The van der Waals surface area contributed by atoms with Crippen LogP contribution in [-0.4, -0.2) is 30.4 Å². The number of carbonyl (C=O) groups excluding carboxylic acids is 1. The van der Waals surface area contributed by atoms with Crippen molar-refractivity contribution in [1.82, 2.24) is 4.98 Å². The van der Waals surface area contributed by atoms with E-state index >= 15 is 0 Å². The number of hydrogen-bond donors (Lipinski definition) is 3. The van der Waals surface area contributed by atoms with Crippen LogP contribution in [0.5, 0.6) is 0 Å². The minimum atomic E-state index is -0.758. The first-order valence-electron chi connectivity index (χ1n) is 9.01. The van der Waals surface area contributed by atoms with E-state index in [1.54, 1.807) is 7.05 Å². The largest absolute Gasteiger partial charge is 0.398 e. The number of rotatable bonds is 6. The Morgan fingerprint density at radius 1 is 1.19 bits per heavy atom. The number of amides is 1. The molecule has 7 nitrogen and oxygen atoms in total. The minimum absolute atomic E-state index is 0.167. The first-order chi connectivity index (χ1) is 15.3. The Labute approximate surface area is 200 Å². The van der Waals surface area contributed by atoms with E-state index in [1.807, 2.05) is 22.6 Å². The van der Waals surface area contributed by atoms with Crippen LogP contribution in [-0.2, 0) is 0 Å². The Hall–Kier alpha value is -3.12. The Bertz CT molecular complexity index is 1240. The van der Waals surface area contributed by atoms with Gasteiger partial charge in [0.15, 0.2) is 5.82 Å². The second-order valence-electron chi connectivity index (χ2n) is 6.35. The van der Waals surface area contributed by atoms with Crippen molar-refractivity contribution in [2.75, 3.05) is 23.5 Å². The Kier molecular flexibility index (Phi) is 7.70. The van der Waals surface area contributed by atoms with Gasteiger partial charge in [-0.1, -0.05) is 11.6 Å². The Morgan fingerprint density at radius 2 is 1.97 bits per heavy atom. The van der Waals surface area contributed by atoms with Crippen molar-refractivity contribution >= 4 is 69.7 Å². The summed E-state index contributed by atoms with van der Waals surface area (Å²) in [5.41, 5.74) is 9.67. The zero-order valence-corrected chi connectivity index (χ0v) is 19.4. The van der Waals surface area contributed by atoms with Gasteiger partial charge in [-0.15, -0.1) is 0 Å². The molecule has 1 amide bonds. The van der Waals surface area contributed by atoms with Crippen LogP contribution in [0.15, 0.2) is 52.7 Å². The molecule has 0 aliphatic rings. The molecule has 1 heterocycles. The number of pyridine rings is 1. The third-order valence-corrected chi connectivity index (χ3v) is 5.35. The molecule has 0 fully saturated rings. The van der Waals surface area contributed by atoms with Gasteiger partial charge in [0, 0.05) is 33.6 Å². The fourth-order valence-electron chi connectivity index (χ4n) is 2.69. The van der Waals surface area contributed by atoms with Gasteiger partial charge in [-0.2, -0.15) is 5.10 Å². The molecule has 32 heavy (non-hydrogen) atoms. The molecule has 1 aromatic heterocycles. The lowest BCUT2D eigenvalue weighted by molar-refractivity contribution is 0.102. The number of carbonyl (C=O) groups is 1. The number of nitrogens with one attached hydrogen (secondary N) is 2. The number of benzene rings is 2. The summed E-state index contributed by atoms with van der Waals surface area (Å²) in [5.74, 6) is -1.67. The van der Waals surface area contributed by atoms with Crippen molar-refractivity contribution in [2.24, 2.45) is 10.1 Å². The lowest BCUT2D eigenvalue weighted by Gasteiger charge is -2.12. The molecule has 3 aromatic rings. The van der Waals surface area contributed by atoms with E-state index in [0.717, 1.165) is 6.07 Å². The second kappa shape index (κ2) is 10.5. The maximum atomic E-state index is 14.8. The molecule has 3 rings (SSSR count). The van der Waals surface area contributed by atoms with Crippen molar-refractivity contribution in [3.8, 4) is 11.1 Å². The summed E-state index contributed by atoms with van der Waals surface area (Å²) < 4.78 is 28.7. The number of aromatic nitrogens is 1. The predicted octanol–water partition coefficient (Wildman–Crippen LogP) is 5.22. The van der Waals surface area contributed by atoms with Gasteiger partial charge in [0.2, 0.25) is 0 Å². The number of anilines is 3. The monoisotopic (exact) mass is 568 g/mol. The molecule has 0 radical (unpaired) electrons. The van der Waals surface area contributed by atoms with Crippen molar-refractivity contribution < 1.29 is 13.6 Å². The third-order valence-electron chi connectivity index (χ3n) is 4.16. The van der Waals surface area contributed by atoms with Crippen molar-refractivity contribution in [2.45, 2.75) is 0 Å². The highest BCUT2D eigenvalue weighted by molar-refractivity contribution is 14.1. The van der Waals surface area contributed by atoms with E-state index in [1.165, 1.54) is 49.0 Å². The molecule has 0 unspecified atom stereocenters. The maximum Gasteiger partial charge on any atom is 0.258 e. The van der Waals surface area contributed by atoms with Gasteiger partial charge in [-0.25, -0.2) is 13.8 Å². The van der Waals surface area contributed by atoms with Gasteiger partial charge in [0.1, 0.15) is 11.6 Å². The van der Waals surface area contributed by atoms with Crippen molar-refractivity contribution in [3.05, 3.63) is 68.4 Å². The summed E-state index contributed by atoms with van der Waals surface area (Å²) in [4.78, 5) is 20.5.